The molecule has 10 heteroatoms. The predicted octanol–water partition coefficient (Wildman–Crippen LogP) is 1.50. The predicted molar refractivity (Wildman–Crippen MR) is 121 cm³/mol. The first kappa shape index (κ1) is 19.9. The molecule has 0 spiro atoms. The molecule has 1 N–H and O–H groups in total. The lowest BCUT2D eigenvalue weighted by atomic mass is 10.1. The summed E-state index contributed by atoms with van der Waals surface area (Å²) in [6.07, 6.45) is 4.43. The van der Waals surface area contributed by atoms with Crippen molar-refractivity contribution >= 4 is 33.7 Å². The number of amides is 1. The number of nitrogens with zero attached hydrogens (tertiary/aromatic N) is 7. The summed E-state index contributed by atoms with van der Waals surface area (Å²) in [7, 11) is 0. The molecule has 162 valence electrons. The van der Waals surface area contributed by atoms with Gasteiger partial charge in [0, 0.05) is 31.6 Å². The van der Waals surface area contributed by atoms with Crippen molar-refractivity contribution in [2.24, 2.45) is 0 Å². The number of anilines is 1. The van der Waals surface area contributed by atoms with Gasteiger partial charge in [-0.05, 0) is 31.6 Å². The standard InChI is InChI=1S/C22H22N8O2/c1-4-17(31)28-7-9-29(10-8-28)21-18-19(23-12-24-21)22(32)30(14(3)26-18)20-13(2)5-6-16-15(20)11-25-27-16/h4-6,11-12H,1,7-10H2,2-3H3,(H,25,27). The van der Waals surface area contributed by atoms with Gasteiger partial charge >= 0.3 is 0 Å². The summed E-state index contributed by atoms with van der Waals surface area (Å²) in [5, 5.41) is 7.91. The monoisotopic (exact) mass is 430 g/mol. The van der Waals surface area contributed by atoms with Gasteiger partial charge in [-0.25, -0.2) is 15.0 Å². The van der Waals surface area contributed by atoms with Crippen LogP contribution in [0.3, 0.4) is 0 Å². The zero-order valence-corrected chi connectivity index (χ0v) is 17.9. The van der Waals surface area contributed by atoms with Crippen molar-refractivity contribution in [3.8, 4) is 5.69 Å². The SMILES string of the molecule is C=CC(=O)N1CCN(c2ncnc3c(=O)n(-c4c(C)ccc5[nH]ncc45)c(C)nc23)CC1. The van der Waals surface area contributed by atoms with Gasteiger partial charge in [-0.3, -0.25) is 19.3 Å². The average molecular weight is 430 g/mol. The second-order valence-corrected chi connectivity index (χ2v) is 7.77. The molecule has 5 rings (SSSR count). The Bertz CT molecular complexity index is 1430. The van der Waals surface area contributed by atoms with Gasteiger partial charge in [-0.2, -0.15) is 5.10 Å². The molecule has 1 fully saturated rings. The van der Waals surface area contributed by atoms with Crippen LogP contribution >= 0.6 is 0 Å². The molecule has 4 heterocycles. The second kappa shape index (κ2) is 7.56. The zero-order chi connectivity index (χ0) is 22.4. The number of H-pyrrole nitrogens is 1. The van der Waals surface area contributed by atoms with Crippen LogP contribution in [0, 0.1) is 13.8 Å². The summed E-state index contributed by atoms with van der Waals surface area (Å²) in [5.41, 5.74) is 2.98. The zero-order valence-electron chi connectivity index (χ0n) is 17.9. The molecule has 0 saturated carbocycles. The van der Waals surface area contributed by atoms with E-state index in [1.54, 1.807) is 22.6 Å². The molecule has 1 aromatic carbocycles. The lowest BCUT2D eigenvalue weighted by molar-refractivity contribution is -0.126. The number of hydrogen-bond donors (Lipinski definition) is 1. The van der Waals surface area contributed by atoms with Crippen molar-refractivity contribution < 1.29 is 4.79 Å². The molecule has 1 aliphatic rings. The number of aryl methyl sites for hydroxylation is 2. The van der Waals surface area contributed by atoms with E-state index < -0.39 is 0 Å². The summed E-state index contributed by atoms with van der Waals surface area (Å²) < 4.78 is 1.59. The summed E-state index contributed by atoms with van der Waals surface area (Å²) in [6, 6.07) is 3.88. The highest BCUT2D eigenvalue weighted by Crippen LogP contribution is 2.26. The summed E-state index contributed by atoms with van der Waals surface area (Å²) in [5.74, 6) is 1.06. The molecule has 0 bridgehead atoms. The highest BCUT2D eigenvalue weighted by Gasteiger charge is 2.24. The van der Waals surface area contributed by atoms with Crippen LogP contribution in [0.2, 0.25) is 0 Å². The molecule has 10 nitrogen and oxygen atoms in total. The quantitative estimate of drug-likeness (QED) is 0.490. The van der Waals surface area contributed by atoms with Crippen molar-refractivity contribution in [2.45, 2.75) is 13.8 Å². The normalized spacial score (nSPS) is 14.3. The molecule has 0 aliphatic carbocycles. The van der Waals surface area contributed by atoms with Crippen molar-refractivity contribution in [2.75, 3.05) is 31.1 Å². The van der Waals surface area contributed by atoms with Crippen LogP contribution in [0.15, 0.2) is 42.1 Å². The number of rotatable bonds is 3. The topological polar surface area (TPSA) is 113 Å². The first-order valence-electron chi connectivity index (χ1n) is 10.3. The van der Waals surface area contributed by atoms with Gasteiger partial charge in [-0.15, -0.1) is 0 Å². The van der Waals surface area contributed by atoms with Crippen molar-refractivity contribution in [1.82, 2.24) is 34.6 Å². The van der Waals surface area contributed by atoms with Gasteiger partial charge in [-0.1, -0.05) is 12.6 Å². The van der Waals surface area contributed by atoms with Crippen LogP contribution in [0.4, 0.5) is 5.82 Å². The van der Waals surface area contributed by atoms with Crippen LogP contribution in [-0.2, 0) is 4.79 Å². The van der Waals surface area contributed by atoms with Gasteiger partial charge in [0.25, 0.3) is 5.56 Å². The Hall–Kier alpha value is -4.08. The number of piperazine rings is 1. The molecule has 0 radical (unpaired) electrons. The molecule has 0 unspecified atom stereocenters. The van der Waals surface area contributed by atoms with Crippen LogP contribution in [-0.4, -0.2) is 66.7 Å². The maximum atomic E-state index is 13.6. The Balaban J connectivity index is 1.63. The number of aromatic amines is 1. The number of hydrogen-bond acceptors (Lipinski definition) is 7. The third-order valence-electron chi connectivity index (χ3n) is 5.89. The van der Waals surface area contributed by atoms with E-state index in [-0.39, 0.29) is 17.0 Å². The molecule has 4 aromatic rings. The third-order valence-corrected chi connectivity index (χ3v) is 5.89. The fourth-order valence-corrected chi connectivity index (χ4v) is 4.26. The van der Waals surface area contributed by atoms with Crippen molar-refractivity contribution in [3.63, 3.8) is 0 Å². The van der Waals surface area contributed by atoms with Crippen LogP contribution in [0.25, 0.3) is 27.6 Å². The fourth-order valence-electron chi connectivity index (χ4n) is 4.26. The lowest BCUT2D eigenvalue weighted by Crippen LogP contribution is -2.48. The molecular formula is C22H22N8O2. The smallest absolute Gasteiger partial charge is 0.284 e. The maximum Gasteiger partial charge on any atom is 0.284 e. The van der Waals surface area contributed by atoms with Gasteiger partial charge < -0.3 is 9.80 Å². The largest absolute Gasteiger partial charge is 0.351 e. The maximum absolute atomic E-state index is 13.6. The Morgan fingerprint density at radius 3 is 2.66 bits per heavy atom. The number of fused-ring (bicyclic) bond motifs is 2. The number of nitrogens with one attached hydrogen (secondary N) is 1. The van der Waals surface area contributed by atoms with E-state index in [2.05, 4.69) is 26.7 Å². The molecule has 0 atom stereocenters. The average Bonchev–Trinajstić information content (AvgIpc) is 3.28. The molecule has 1 saturated heterocycles. The minimum atomic E-state index is -0.256. The molecule has 32 heavy (non-hydrogen) atoms. The fraction of sp³-hybridized carbons (Fsp3) is 0.273. The van der Waals surface area contributed by atoms with E-state index in [0.29, 0.717) is 43.3 Å². The van der Waals surface area contributed by atoms with Crippen LogP contribution in [0.5, 0.6) is 0 Å². The molecular weight excluding hydrogens is 408 g/mol. The third kappa shape index (κ3) is 3.03. The lowest BCUT2D eigenvalue weighted by Gasteiger charge is -2.35. The van der Waals surface area contributed by atoms with E-state index in [4.69, 9.17) is 4.98 Å². The molecule has 1 aliphatic heterocycles. The second-order valence-electron chi connectivity index (χ2n) is 7.77. The van der Waals surface area contributed by atoms with E-state index in [9.17, 15) is 9.59 Å². The van der Waals surface area contributed by atoms with E-state index in [1.807, 2.05) is 24.0 Å². The Morgan fingerprint density at radius 1 is 1.12 bits per heavy atom. The first-order chi connectivity index (χ1) is 15.5. The summed E-state index contributed by atoms with van der Waals surface area (Å²) in [4.78, 5) is 42.7. The first-order valence-corrected chi connectivity index (χ1v) is 10.3. The van der Waals surface area contributed by atoms with Gasteiger partial charge in [0.15, 0.2) is 11.3 Å². The number of carbonyl (C=O) groups is 1. The number of aromatic nitrogens is 6. The van der Waals surface area contributed by atoms with Crippen molar-refractivity contribution in [1.29, 1.82) is 0 Å². The summed E-state index contributed by atoms with van der Waals surface area (Å²) in [6.45, 7) is 9.58. The highest BCUT2D eigenvalue weighted by molar-refractivity contribution is 5.90. The minimum absolute atomic E-state index is 0.0853. The Kier molecular flexibility index (Phi) is 4.69. The number of carbonyl (C=O) groups excluding carboxylic acids is 1. The Labute approximate surface area is 183 Å². The van der Waals surface area contributed by atoms with Gasteiger partial charge in [0.1, 0.15) is 17.7 Å². The molecule has 3 aromatic heterocycles. The minimum Gasteiger partial charge on any atom is -0.351 e. The van der Waals surface area contributed by atoms with Gasteiger partial charge in [0.05, 0.1) is 17.4 Å². The van der Waals surface area contributed by atoms with E-state index in [1.165, 1.54) is 12.4 Å². The molecule has 1 amide bonds. The van der Waals surface area contributed by atoms with Crippen LogP contribution in [0.1, 0.15) is 11.4 Å². The summed E-state index contributed by atoms with van der Waals surface area (Å²) >= 11 is 0. The van der Waals surface area contributed by atoms with Crippen molar-refractivity contribution in [3.05, 3.63) is 59.1 Å². The van der Waals surface area contributed by atoms with Crippen LogP contribution < -0.4 is 10.5 Å². The number of benzene rings is 1. The van der Waals surface area contributed by atoms with E-state index >= 15 is 0 Å². The van der Waals surface area contributed by atoms with E-state index in [0.717, 1.165) is 22.2 Å². The Morgan fingerprint density at radius 2 is 1.91 bits per heavy atom. The van der Waals surface area contributed by atoms with Gasteiger partial charge in [0.2, 0.25) is 5.91 Å². The highest BCUT2D eigenvalue weighted by atomic mass is 16.2.